The lowest BCUT2D eigenvalue weighted by molar-refractivity contribution is -0.121. The molecule has 1 aromatic heterocycles. The van der Waals surface area contributed by atoms with Gasteiger partial charge in [-0.25, -0.2) is 4.98 Å². The molecule has 108 valence electrons. The van der Waals surface area contributed by atoms with E-state index >= 15 is 0 Å². The number of fused-ring (bicyclic) bond motifs is 1. The fourth-order valence-electron chi connectivity index (χ4n) is 2.11. The molecule has 2 aromatic rings. The van der Waals surface area contributed by atoms with Gasteiger partial charge in [0.1, 0.15) is 5.82 Å². The summed E-state index contributed by atoms with van der Waals surface area (Å²) in [4.78, 5) is 16.3. The summed E-state index contributed by atoms with van der Waals surface area (Å²) in [7, 11) is 0. The van der Waals surface area contributed by atoms with E-state index in [1.807, 2.05) is 36.6 Å². The van der Waals surface area contributed by atoms with Crippen molar-refractivity contribution < 1.29 is 4.79 Å². The Balaban J connectivity index is 2.22. The monoisotopic (exact) mass is 405 g/mol. The van der Waals surface area contributed by atoms with Crippen LogP contribution in [0.3, 0.4) is 0 Å². The largest absolute Gasteiger partial charge is 0.354 e. The van der Waals surface area contributed by atoms with Crippen LogP contribution in [-0.2, 0) is 17.2 Å². The number of amides is 1. The van der Waals surface area contributed by atoms with Crippen LogP contribution < -0.4 is 5.32 Å². The van der Waals surface area contributed by atoms with Crippen LogP contribution in [0, 0.1) is 3.57 Å². The number of carbonyl (C=O) groups excluding carboxylic acids is 1. The number of halogens is 2. The fourth-order valence-corrected chi connectivity index (χ4v) is 2.79. The molecule has 0 saturated carbocycles. The molecule has 0 fully saturated rings. The number of imidazole rings is 1. The van der Waals surface area contributed by atoms with Gasteiger partial charge in [0.25, 0.3) is 0 Å². The van der Waals surface area contributed by atoms with Gasteiger partial charge in [-0.3, -0.25) is 4.79 Å². The molecule has 20 heavy (non-hydrogen) atoms. The van der Waals surface area contributed by atoms with E-state index in [1.54, 1.807) is 0 Å². The Labute approximate surface area is 137 Å². The predicted molar refractivity (Wildman–Crippen MR) is 89.9 cm³/mol. The average Bonchev–Trinajstić information content (AvgIpc) is 2.72. The van der Waals surface area contributed by atoms with Crippen LogP contribution in [0.1, 0.15) is 26.1 Å². The highest BCUT2D eigenvalue weighted by Crippen LogP contribution is 2.20. The SMILES string of the molecule is CC(C)NC(=O)CCn1c(CCl)nc2cc(I)ccc21. The Morgan fingerprint density at radius 2 is 2.25 bits per heavy atom. The standard InChI is InChI=1S/C14H17ClIN3O/c1-9(2)17-14(20)5-6-19-12-4-3-10(16)7-11(12)18-13(19)8-15/h3-4,7,9H,5-6,8H2,1-2H3,(H,17,20). The zero-order valence-electron chi connectivity index (χ0n) is 11.5. The van der Waals surface area contributed by atoms with Gasteiger partial charge >= 0.3 is 0 Å². The molecule has 1 heterocycles. The molecule has 0 aliphatic heterocycles. The maximum absolute atomic E-state index is 11.8. The molecule has 2 rings (SSSR count). The Kier molecular flexibility index (Phi) is 5.26. The zero-order chi connectivity index (χ0) is 14.7. The van der Waals surface area contributed by atoms with E-state index in [2.05, 4.69) is 32.9 Å². The van der Waals surface area contributed by atoms with Crippen molar-refractivity contribution in [3.05, 3.63) is 27.6 Å². The lowest BCUT2D eigenvalue weighted by atomic mass is 10.3. The van der Waals surface area contributed by atoms with E-state index in [0.29, 0.717) is 18.8 Å². The quantitative estimate of drug-likeness (QED) is 0.613. The summed E-state index contributed by atoms with van der Waals surface area (Å²) in [6.45, 7) is 4.50. The number of aryl methyl sites for hydroxylation is 1. The van der Waals surface area contributed by atoms with Crippen LogP contribution in [-0.4, -0.2) is 21.5 Å². The van der Waals surface area contributed by atoms with Crippen LogP contribution in [0.15, 0.2) is 18.2 Å². The van der Waals surface area contributed by atoms with Crippen molar-refractivity contribution in [3.8, 4) is 0 Å². The van der Waals surface area contributed by atoms with Crippen LogP contribution in [0.5, 0.6) is 0 Å². The maximum atomic E-state index is 11.8. The topological polar surface area (TPSA) is 46.9 Å². The Morgan fingerprint density at radius 3 is 2.90 bits per heavy atom. The first-order valence-corrected chi connectivity index (χ1v) is 8.12. The molecule has 4 nitrogen and oxygen atoms in total. The normalized spacial score (nSPS) is 11.2. The fraction of sp³-hybridized carbons (Fsp3) is 0.429. The lowest BCUT2D eigenvalue weighted by Gasteiger charge is -2.10. The first-order valence-electron chi connectivity index (χ1n) is 6.51. The third-order valence-electron chi connectivity index (χ3n) is 2.92. The first kappa shape index (κ1) is 15.6. The summed E-state index contributed by atoms with van der Waals surface area (Å²) in [5.74, 6) is 1.20. The maximum Gasteiger partial charge on any atom is 0.221 e. The molecule has 0 radical (unpaired) electrons. The van der Waals surface area contributed by atoms with Gasteiger partial charge < -0.3 is 9.88 Å². The van der Waals surface area contributed by atoms with E-state index in [0.717, 1.165) is 20.4 Å². The van der Waals surface area contributed by atoms with Gasteiger partial charge in [-0.15, -0.1) is 11.6 Å². The van der Waals surface area contributed by atoms with Gasteiger partial charge in [0.15, 0.2) is 0 Å². The van der Waals surface area contributed by atoms with Crippen LogP contribution in [0.25, 0.3) is 11.0 Å². The molecule has 6 heteroatoms. The highest BCUT2D eigenvalue weighted by Gasteiger charge is 2.12. The Bertz CT molecular complexity index is 624. The van der Waals surface area contributed by atoms with Gasteiger partial charge in [0.2, 0.25) is 5.91 Å². The molecular weight excluding hydrogens is 389 g/mol. The Morgan fingerprint density at radius 1 is 1.50 bits per heavy atom. The third-order valence-corrected chi connectivity index (χ3v) is 3.83. The minimum absolute atomic E-state index is 0.0490. The summed E-state index contributed by atoms with van der Waals surface area (Å²) >= 11 is 8.22. The van der Waals surface area contributed by atoms with E-state index in [1.165, 1.54) is 0 Å². The molecule has 0 bridgehead atoms. The third kappa shape index (κ3) is 3.63. The molecule has 1 aromatic carbocycles. The zero-order valence-corrected chi connectivity index (χ0v) is 14.4. The van der Waals surface area contributed by atoms with Crippen LogP contribution in [0.2, 0.25) is 0 Å². The van der Waals surface area contributed by atoms with Crippen molar-refractivity contribution in [1.29, 1.82) is 0 Å². The minimum atomic E-state index is 0.0490. The highest BCUT2D eigenvalue weighted by molar-refractivity contribution is 14.1. The number of hydrogen-bond acceptors (Lipinski definition) is 2. The molecule has 0 spiro atoms. The molecular formula is C14H17ClIN3O. The number of alkyl halides is 1. The Hall–Kier alpha value is -0.820. The van der Waals surface area contributed by atoms with E-state index in [4.69, 9.17) is 11.6 Å². The van der Waals surface area contributed by atoms with Crippen molar-refractivity contribution in [2.45, 2.75) is 38.7 Å². The highest BCUT2D eigenvalue weighted by atomic mass is 127. The van der Waals surface area contributed by atoms with Crippen LogP contribution >= 0.6 is 34.2 Å². The number of hydrogen-bond donors (Lipinski definition) is 1. The summed E-state index contributed by atoms with van der Waals surface area (Å²) in [5, 5.41) is 2.89. The molecule has 1 amide bonds. The molecule has 0 atom stereocenters. The van der Waals surface area contributed by atoms with E-state index in [-0.39, 0.29) is 11.9 Å². The van der Waals surface area contributed by atoms with Crippen molar-refractivity contribution in [2.24, 2.45) is 0 Å². The second-order valence-corrected chi connectivity index (χ2v) is 6.43. The lowest BCUT2D eigenvalue weighted by Crippen LogP contribution is -2.30. The van der Waals surface area contributed by atoms with E-state index in [9.17, 15) is 4.79 Å². The van der Waals surface area contributed by atoms with Crippen molar-refractivity contribution >= 4 is 51.1 Å². The average molecular weight is 406 g/mol. The number of nitrogens with zero attached hydrogens (tertiary/aromatic N) is 2. The summed E-state index contributed by atoms with van der Waals surface area (Å²) in [6, 6.07) is 6.25. The molecule has 0 aliphatic rings. The second-order valence-electron chi connectivity index (χ2n) is 4.92. The van der Waals surface area contributed by atoms with Crippen molar-refractivity contribution in [2.75, 3.05) is 0 Å². The number of nitrogens with one attached hydrogen (secondary N) is 1. The molecule has 0 saturated heterocycles. The van der Waals surface area contributed by atoms with Gasteiger partial charge in [0.05, 0.1) is 16.9 Å². The molecule has 0 aliphatic carbocycles. The van der Waals surface area contributed by atoms with Gasteiger partial charge in [-0.2, -0.15) is 0 Å². The number of benzene rings is 1. The number of rotatable bonds is 5. The first-order chi connectivity index (χ1) is 9.51. The summed E-state index contributed by atoms with van der Waals surface area (Å²) < 4.78 is 3.16. The van der Waals surface area contributed by atoms with E-state index < -0.39 is 0 Å². The predicted octanol–water partition coefficient (Wildman–Crippen LogP) is 3.29. The number of aromatic nitrogens is 2. The van der Waals surface area contributed by atoms with Crippen molar-refractivity contribution in [1.82, 2.24) is 14.9 Å². The molecule has 0 unspecified atom stereocenters. The van der Waals surface area contributed by atoms with Crippen LogP contribution in [0.4, 0.5) is 0 Å². The van der Waals surface area contributed by atoms with Gasteiger partial charge in [0, 0.05) is 22.6 Å². The smallest absolute Gasteiger partial charge is 0.221 e. The minimum Gasteiger partial charge on any atom is -0.354 e. The van der Waals surface area contributed by atoms with Gasteiger partial charge in [-0.1, -0.05) is 0 Å². The summed E-state index contributed by atoms with van der Waals surface area (Å²) in [5.41, 5.74) is 1.95. The van der Waals surface area contributed by atoms with Gasteiger partial charge in [-0.05, 0) is 54.6 Å². The second kappa shape index (κ2) is 6.76. The number of carbonyl (C=O) groups is 1. The van der Waals surface area contributed by atoms with Crippen molar-refractivity contribution in [3.63, 3.8) is 0 Å². The summed E-state index contributed by atoms with van der Waals surface area (Å²) in [6.07, 6.45) is 0.430. The molecule has 1 N–H and O–H groups in total.